The van der Waals surface area contributed by atoms with Crippen molar-refractivity contribution < 1.29 is 27.8 Å². The maximum atomic E-state index is 14.1. The smallest absolute Gasteiger partial charge is 0.410 e. The lowest BCUT2D eigenvalue weighted by molar-refractivity contribution is 0.00198. The Labute approximate surface area is 191 Å². The summed E-state index contributed by atoms with van der Waals surface area (Å²) in [5.41, 5.74) is -0.575. The summed E-state index contributed by atoms with van der Waals surface area (Å²) in [4.78, 5) is 18.3. The Morgan fingerprint density at radius 2 is 1.94 bits per heavy atom. The number of hydrogen-bond acceptors (Lipinski definition) is 5. The third-order valence-corrected chi connectivity index (χ3v) is 5.20. The van der Waals surface area contributed by atoms with Gasteiger partial charge in [0.1, 0.15) is 5.60 Å². The second-order valence-electron chi connectivity index (χ2n) is 8.84. The van der Waals surface area contributed by atoms with E-state index in [0.29, 0.717) is 6.54 Å². The average molecular weight is 469 g/mol. The van der Waals surface area contributed by atoms with Gasteiger partial charge in [0.15, 0.2) is 17.4 Å². The van der Waals surface area contributed by atoms with E-state index in [1.165, 1.54) is 6.20 Å². The van der Waals surface area contributed by atoms with Gasteiger partial charge in [0.2, 0.25) is 5.75 Å². The van der Waals surface area contributed by atoms with Crippen LogP contribution in [0.5, 0.6) is 17.4 Å². The van der Waals surface area contributed by atoms with Crippen LogP contribution in [-0.4, -0.2) is 40.8 Å². The molecule has 174 valence electrons. The molecule has 1 amide bonds. The number of hydrogen-bond donors (Lipinski definition) is 0. The van der Waals surface area contributed by atoms with Gasteiger partial charge in [-0.3, -0.25) is 0 Å². The number of carbonyl (C=O) groups is 1. The molecule has 1 aliphatic rings. The molecule has 1 fully saturated rings. The number of benzene rings is 1. The van der Waals surface area contributed by atoms with Gasteiger partial charge < -0.3 is 19.1 Å². The first-order chi connectivity index (χ1) is 15.0. The lowest BCUT2D eigenvalue weighted by Crippen LogP contribution is -2.48. The molecule has 1 aromatic carbocycles. The Balaban J connectivity index is 1.67. The van der Waals surface area contributed by atoms with Crippen molar-refractivity contribution in [2.24, 2.45) is 5.92 Å². The highest BCUT2D eigenvalue weighted by Crippen LogP contribution is 2.34. The third-order valence-electron chi connectivity index (χ3n) is 4.98. The summed E-state index contributed by atoms with van der Waals surface area (Å²) in [6.07, 6.45) is 2.75. The molecule has 0 aliphatic carbocycles. The molecular formula is C23H27ClF2N2O4. The minimum atomic E-state index is -0.944. The van der Waals surface area contributed by atoms with Crippen molar-refractivity contribution in [3.8, 4) is 17.4 Å². The van der Waals surface area contributed by atoms with E-state index in [1.807, 2.05) is 27.7 Å². The molecular weight excluding hydrogens is 442 g/mol. The van der Waals surface area contributed by atoms with Crippen molar-refractivity contribution in [2.75, 3.05) is 13.2 Å². The highest BCUT2D eigenvalue weighted by atomic mass is 35.5. The normalized spacial score (nSPS) is 18.9. The minimum Gasteiger partial charge on any atom is -0.488 e. The standard InChI is InChI=1S/C23H27ClF2N2O4/c1-14-7-8-15(12-28(14)22(29)32-23(2,3)4)13-30-19-6-5-9-27-21(19)31-20-17(25)10-16(24)11-18(20)26/h5-6,9-11,14-15H,7-8,12-13H2,1-4H3/t14?,15-/m0/s1. The first-order valence-corrected chi connectivity index (χ1v) is 10.8. The van der Waals surface area contributed by atoms with Crippen LogP contribution in [0.2, 0.25) is 5.02 Å². The van der Waals surface area contributed by atoms with E-state index in [4.69, 9.17) is 25.8 Å². The zero-order chi connectivity index (χ0) is 23.5. The van der Waals surface area contributed by atoms with Crippen molar-refractivity contribution in [2.45, 2.75) is 52.2 Å². The Morgan fingerprint density at radius 3 is 2.59 bits per heavy atom. The topological polar surface area (TPSA) is 60.9 Å². The molecule has 0 N–H and O–H groups in total. The first kappa shape index (κ1) is 24.0. The van der Waals surface area contributed by atoms with Crippen molar-refractivity contribution >= 4 is 17.7 Å². The Morgan fingerprint density at radius 1 is 1.25 bits per heavy atom. The summed E-state index contributed by atoms with van der Waals surface area (Å²) < 4.78 is 45.0. The van der Waals surface area contributed by atoms with Crippen molar-refractivity contribution in [1.29, 1.82) is 0 Å². The highest BCUT2D eigenvalue weighted by Gasteiger charge is 2.32. The fourth-order valence-electron chi connectivity index (χ4n) is 3.39. The molecule has 2 atom stereocenters. The van der Waals surface area contributed by atoms with Crippen LogP contribution in [0.4, 0.5) is 13.6 Å². The molecule has 6 nitrogen and oxygen atoms in total. The Hall–Kier alpha value is -2.61. The van der Waals surface area contributed by atoms with Gasteiger partial charge in [-0.25, -0.2) is 18.6 Å². The molecule has 3 rings (SSSR count). The highest BCUT2D eigenvalue weighted by molar-refractivity contribution is 6.30. The number of pyridine rings is 1. The third kappa shape index (κ3) is 6.22. The zero-order valence-corrected chi connectivity index (χ0v) is 19.3. The number of amides is 1. The molecule has 1 saturated heterocycles. The van der Waals surface area contributed by atoms with E-state index in [-0.39, 0.29) is 41.3 Å². The molecule has 0 spiro atoms. The van der Waals surface area contributed by atoms with Gasteiger partial charge in [0.05, 0.1) is 6.61 Å². The number of carbonyl (C=O) groups excluding carboxylic acids is 1. The summed E-state index contributed by atoms with van der Waals surface area (Å²) in [5.74, 6) is -2.28. The fourth-order valence-corrected chi connectivity index (χ4v) is 3.58. The molecule has 1 unspecified atom stereocenters. The van der Waals surface area contributed by atoms with Crippen molar-refractivity contribution in [3.05, 3.63) is 47.1 Å². The van der Waals surface area contributed by atoms with Crippen LogP contribution in [-0.2, 0) is 4.74 Å². The lowest BCUT2D eigenvalue weighted by Gasteiger charge is -2.38. The van der Waals surface area contributed by atoms with Crippen LogP contribution < -0.4 is 9.47 Å². The van der Waals surface area contributed by atoms with Crippen molar-refractivity contribution in [1.82, 2.24) is 9.88 Å². The second kappa shape index (κ2) is 9.90. The quantitative estimate of drug-likeness (QED) is 0.521. The van der Waals surface area contributed by atoms with Gasteiger partial charge in [0, 0.05) is 29.7 Å². The number of halogens is 3. The molecule has 0 saturated carbocycles. The van der Waals surface area contributed by atoms with Crippen LogP contribution in [0.15, 0.2) is 30.5 Å². The van der Waals surface area contributed by atoms with Crippen molar-refractivity contribution in [3.63, 3.8) is 0 Å². The maximum absolute atomic E-state index is 14.1. The number of rotatable bonds is 5. The minimum absolute atomic E-state index is 0.0516. The zero-order valence-electron chi connectivity index (χ0n) is 18.5. The largest absolute Gasteiger partial charge is 0.488 e. The van der Waals surface area contributed by atoms with E-state index in [2.05, 4.69) is 4.98 Å². The Kier molecular flexibility index (Phi) is 7.44. The van der Waals surface area contributed by atoms with E-state index in [1.54, 1.807) is 17.0 Å². The SMILES string of the molecule is CC1CC[C@H](COc2cccnc2Oc2c(F)cc(Cl)cc2F)CN1C(=O)OC(C)(C)C. The van der Waals surface area contributed by atoms with Crippen LogP contribution in [0.25, 0.3) is 0 Å². The molecule has 1 aliphatic heterocycles. The number of likely N-dealkylation sites (tertiary alicyclic amines) is 1. The van der Waals surface area contributed by atoms with Gasteiger partial charge in [-0.2, -0.15) is 0 Å². The van der Waals surface area contributed by atoms with Crippen LogP contribution in [0.1, 0.15) is 40.5 Å². The van der Waals surface area contributed by atoms with E-state index in [0.717, 1.165) is 25.0 Å². The van der Waals surface area contributed by atoms with Crippen LogP contribution >= 0.6 is 11.6 Å². The maximum Gasteiger partial charge on any atom is 0.410 e. The van der Waals surface area contributed by atoms with Gasteiger partial charge >= 0.3 is 6.09 Å². The molecule has 0 bridgehead atoms. The molecule has 9 heteroatoms. The number of piperidine rings is 1. The van der Waals surface area contributed by atoms with E-state index in [9.17, 15) is 13.6 Å². The lowest BCUT2D eigenvalue weighted by atomic mass is 9.94. The summed E-state index contributed by atoms with van der Waals surface area (Å²) in [6.45, 7) is 8.24. The van der Waals surface area contributed by atoms with Gasteiger partial charge in [-0.1, -0.05) is 11.6 Å². The van der Waals surface area contributed by atoms with Crippen LogP contribution in [0, 0.1) is 17.6 Å². The monoisotopic (exact) mass is 468 g/mol. The Bertz CT molecular complexity index is 944. The van der Waals surface area contributed by atoms with Crippen LogP contribution in [0.3, 0.4) is 0 Å². The predicted octanol–water partition coefficient (Wildman–Crippen LogP) is 6.22. The molecule has 1 aromatic heterocycles. The summed E-state index contributed by atoms with van der Waals surface area (Å²) in [7, 11) is 0. The summed E-state index contributed by atoms with van der Waals surface area (Å²) >= 11 is 5.66. The molecule has 0 radical (unpaired) electrons. The summed E-state index contributed by atoms with van der Waals surface area (Å²) in [6, 6.07) is 5.21. The molecule has 32 heavy (non-hydrogen) atoms. The molecule has 2 aromatic rings. The van der Waals surface area contributed by atoms with Gasteiger partial charge in [-0.15, -0.1) is 0 Å². The second-order valence-corrected chi connectivity index (χ2v) is 9.28. The number of ether oxygens (including phenoxy) is 3. The summed E-state index contributed by atoms with van der Waals surface area (Å²) in [5, 5.41) is -0.0779. The number of nitrogens with zero attached hydrogens (tertiary/aromatic N) is 2. The van der Waals surface area contributed by atoms with Gasteiger partial charge in [0.25, 0.3) is 5.88 Å². The number of aromatic nitrogens is 1. The van der Waals surface area contributed by atoms with E-state index >= 15 is 0 Å². The average Bonchev–Trinajstić information content (AvgIpc) is 2.69. The first-order valence-electron chi connectivity index (χ1n) is 10.4. The molecule has 2 heterocycles. The predicted molar refractivity (Wildman–Crippen MR) is 116 cm³/mol. The van der Waals surface area contributed by atoms with E-state index < -0.39 is 23.0 Å². The fraction of sp³-hybridized carbons (Fsp3) is 0.478. The van der Waals surface area contributed by atoms with Gasteiger partial charge in [-0.05, 0) is 64.8 Å².